The lowest BCUT2D eigenvalue weighted by Crippen LogP contribution is -2.41. The second kappa shape index (κ2) is 10.2. The number of hydrogen-bond donors (Lipinski definition) is 1. The van der Waals surface area contributed by atoms with Crippen LogP contribution in [0.1, 0.15) is 32.1 Å². The van der Waals surface area contributed by atoms with Crippen molar-refractivity contribution in [3.63, 3.8) is 0 Å². The number of hydrogen-bond acceptors (Lipinski definition) is 5. The molecule has 0 fully saturated rings. The summed E-state index contributed by atoms with van der Waals surface area (Å²) in [5.74, 6) is -0.665. The van der Waals surface area contributed by atoms with Crippen LogP contribution in [0.25, 0.3) is 16.8 Å². The van der Waals surface area contributed by atoms with Gasteiger partial charge in [-0.1, -0.05) is 41.9 Å². The van der Waals surface area contributed by atoms with Crippen LogP contribution >= 0.6 is 27.5 Å². The van der Waals surface area contributed by atoms with Crippen LogP contribution < -0.4 is 11.0 Å². The lowest BCUT2D eigenvalue weighted by atomic mass is 10.1. The molecule has 39 heavy (non-hydrogen) atoms. The number of benzene rings is 3. The van der Waals surface area contributed by atoms with Gasteiger partial charge in [0, 0.05) is 29.7 Å². The highest BCUT2D eigenvalue weighted by molar-refractivity contribution is 9.10. The largest absolute Gasteiger partial charge is 0.443 e. The molecule has 1 N–H and O–H groups in total. The summed E-state index contributed by atoms with van der Waals surface area (Å²) in [5.41, 5.74) is 3.20. The Morgan fingerprint density at radius 2 is 1.87 bits per heavy atom. The third kappa shape index (κ3) is 4.66. The number of fused-ring (bicyclic) bond motifs is 2. The van der Waals surface area contributed by atoms with Gasteiger partial charge in [0.15, 0.2) is 12.0 Å². The summed E-state index contributed by atoms with van der Waals surface area (Å²) in [5, 5.41) is 3.36. The summed E-state index contributed by atoms with van der Waals surface area (Å²) in [4.78, 5) is 46.6. The minimum atomic E-state index is -0.425. The second-order valence-electron chi connectivity index (χ2n) is 9.09. The van der Waals surface area contributed by atoms with E-state index >= 15 is 0 Å². The van der Waals surface area contributed by atoms with Gasteiger partial charge in [0.05, 0.1) is 22.9 Å². The molecule has 196 valence electrons. The van der Waals surface area contributed by atoms with E-state index in [-0.39, 0.29) is 36.9 Å². The number of carbonyl (C=O) groups excluding carboxylic acids is 2. The molecule has 0 aliphatic carbocycles. The van der Waals surface area contributed by atoms with E-state index in [1.165, 1.54) is 11.0 Å². The summed E-state index contributed by atoms with van der Waals surface area (Å²) in [7, 11) is 0. The smallest absolute Gasteiger partial charge is 0.333 e. The second-order valence-corrected chi connectivity index (χ2v) is 10.4. The van der Waals surface area contributed by atoms with Crippen LogP contribution in [0, 0.1) is 0 Å². The predicted octanol–water partition coefficient (Wildman–Crippen LogP) is 4.78. The monoisotopic (exact) mass is 605 g/mol. The van der Waals surface area contributed by atoms with Crippen LogP contribution in [-0.4, -0.2) is 37.4 Å². The minimum absolute atomic E-state index is 0.0784. The number of oxazole rings is 1. The van der Waals surface area contributed by atoms with Gasteiger partial charge in [-0.25, -0.2) is 9.78 Å². The number of nitrogens with zero attached hydrogens (tertiary/aromatic N) is 4. The zero-order valence-electron chi connectivity index (χ0n) is 20.4. The normalized spacial score (nSPS) is 12.9. The average Bonchev–Trinajstić information content (AvgIpc) is 3.54. The molecule has 1 aliphatic rings. The summed E-state index contributed by atoms with van der Waals surface area (Å²) < 4.78 is 8.97. The maximum Gasteiger partial charge on any atom is 0.333 e. The number of rotatable bonds is 5. The predicted molar refractivity (Wildman–Crippen MR) is 149 cm³/mol. The molecule has 0 saturated heterocycles. The summed E-state index contributed by atoms with van der Waals surface area (Å²) in [6.07, 6.45) is 1.33. The van der Waals surface area contributed by atoms with Gasteiger partial charge in [0.2, 0.25) is 0 Å². The molecule has 3 aromatic carbocycles. The van der Waals surface area contributed by atoms with E-state index in [4.69, 9.17) is 16.0 Å². The molecule has 11 heteroatoms. The number of imidazole rings is 1. The molecule has 0 spiro atoms. The first-order valence-corrected chi connectivity index (χ1v) is 13.3. The molecule has 0 radical (unpaired) electrons. The van der Waals surface area contributed by atoms with Gasteiger partial charge in [-0.3, -0.25) is 18.7 Å². The van der Waals surface area contributed by atoms with E-state index in [0.717, 1.165) is 5.56 Å². The van der Waals surface area contributed by atoms with E-state index in [0.29, 0.717) is 44.1 Å². The highest BCUT2D eigenvalue weighted by Crippen LogP contribution is 2.26. The molecule has 2 amide bonds. The van der Waals surface area contributed by atoms with Crippen molar-refractivity contribution < 1.29 is 14.0 Å². The Morgan fingerprint density at radius 1 is 1.05 bits per heavy atom. The molecular formula is C28H21BrClN5O4. The molecule has 0 atom stereocenters. The van der Waals surface area contributed by atoms with Gasteiger partial charge in [0.25, 0.3) is 11.8 Å². The Balaban J connectivity index is 1.41. The molecule has 3 heterocycles. The number of halogens is 2. The zero-order valence-corrected chi connectivity index (χ0v) is 22.8. The van der Waals surface area contributed by atoms with Crippen LogP contribution in [0.2, 0.25) is 5.02 Å². The molecule has 0 unspecified atom stereocenters. The summed E-state index contributed by atoms with van der Waals surface area (Å²) in [6, 6.07) is 19.6. The van der Waals surface area contributed by atoms with E-state index in [1.54, 1.807) is 45.9 Å². The van der Waals surface area contributed by atoms with Gasteiger partial charge in [-0.15, -0.1) is 0 Å². The summed E-state index contributed by atoms with van der Waals surface area (Å²) >= 11 is 9.57. The van der Waals surface area contributed by atoms with Crippen molar-refractivity contribution in [1.29, 1.82) is 0 Å². The molecule has 6 rings (SSSR count). The standard InChI is InChI=1S/C28H21BrClN5O4/c29-20-8-6-18(12-21(20)30)27(37)33-10-11-34-23(15-33)25(26(36)31-14-17-4-2-1-3-5-17)35(28(34)38)19-7-9-24-22(13-19)32-16-39-24/h1-9,12-13,16H,10-11,14-15H2,(H,31,36). The van der Waals surface area contributed by atoms with E-state index < -0.39 is 5.91 Å². The average molecular weight is 607 g/mol. The van der Waals surface area contributed by atoms with E-state index in [1.807, 2.05) is 30.3 Å². The van der Waals surface area contributed by atoms with Gasteiger partial charge in [-0.2, -0.15) is 0 Å². The third-order valence-electron chi connectivity index (χ3n) is 6.72. The molecule has 0 saturated carbocycles. The minimum Gasteiger partial charge on any atom is -0.443 e. The maximum absolute atomic E-state index is 13.7. The zero-order chi connectivity index (χ0) is 27.1. The Morgan fingerprint density at radius 3 is 2.67 bits per heavy atom. The van der Waals surface area contributed by atoms with Crippen molar-refractivity contribution in [2.45, 2.75) is 19.6 Å². The van der Waals surface area contributed by atoms with Crippen molar-refractivity contribution in [2.75, 3.05) is 6.54 Å². The highest BCUT2D eigenvalue weighted by atomic mass is 79.9. The molecular weight excluding hydrogens is 586 g/mol. The Kier molecular flexibility index (Phi) is 6.58. The fourth-order valence-corrected chi connectivity index (χ4v) is 5.19. The highest BCUT2D eigenvalue weighted by Gasteiger charge is 2.32. The number of amides is 2. The van der Waals surface area contributed by atoms with Gasteiger partial charge < -0.3 is 14.6 Å². The van der Waals surface area contributed by atoms with Crippen molar-refractivity contribution >= 4 is 50.4 Å². The Bertz CT molecular complexity index is 1790. The SMILES string of the molecule is O=C(NCc1ccccc1)c1c2n(c(=O)n1-c1ccc3ocnc3c1)CCN(C(=O)c1ccc(Br)c(Cl)c1)C2. The molecule has 2 aromatic heterocycles. The lowest BCUT2D eigenvalue weighted by Gasteiger charge is -2.28. The quantitative estimate of drug-likeness (QED) is 0.310. The fraction of sp³-hybridized carbons (Fsp3) is 0.143. The van der Waals surface area contributed by atoms with Crippen molar-refractivity contribution in [3.05, 3.63) is 116 Å². The van der Waals surface area contributed by atoms with Crippen molar-refractivity contribution in [1.82, 2.24) is 24.3 Å². The van der Waals surface area contributed by atoms with Crippen molar-refractivity contribution in [2.24, 2.45) is 0 Å². The topological polar surface area (TPSA) is 102 Å². The first kappa shape index (κ1) is 25.1. The molecule has 1 aliphatic heterocycles. The molecule has 5 aromatic rings. The van der Waals surface area contributed by atoms with Crippen LogP contribution in [0.4, 0.5) is 0 Å². The van der Waals surface area contributed by atoms with Crippen molar-refractivity contribution in [3.8, 4) is 5.69 Å². The number of carbonyl (C=O) groups is 2. The van der Waals surface area contributed by atoms with E-state index in [2.05, 4.69) is 26.2 Å². The van der Waals surface area contributed by atoms with E-state index in [9.17, 15) is 14.4 Å². The van der Waals surface area contributed by atoms with Crippen LogP contribution in [0.15, 0.2) is 86.8 Å². The Labute approximate surface area is 235 Å². The van der Waals surface area contributed by atoms with Gasteiger partial charge in [0.1, 0.15) is 11.2 Å². The Hall–Kier alpha value is -4.15. The maximum atomic E-state index is 13.7. The van der Waals surface area contributed by atoms with Gasteiger partial charge >= 0.3 is 5.69 Å². The fourth-order valence-electron chi connectivity index (χ4n) is 4.76. The number of nitrogens with one attached hydrogen (secondary N) is 1. The first-order chi connectivity index (χ1) is 18.9. The van der Waals surface area contributed by atoms with Crippen LogP contribution in [0.5, 0.6) is 0 Å². The van der Waals surface area contributed by atoms with Gasteiger partial charge in [-0.05, 0) is 57.9 Å². The molecule has 0 bridgehead atoms. The number of aromatic nitrogens is 3. The molecule has 9 nitrogen and oxygen atoms in total. The van der Waals surface area contributed by atoms with Crippen LogP contribution in [0.3, 0.4) is 0 Å². The van der Waals surface area contributed by atoms with Crippen LogP contribution in [-0.2, 0) is 19.6 Å². The lowest BCUT2D eigenvalue weighted by molar-refractivity contribution is 0.0706. The first-order valence-electron chi connectivity index (χ1n) is 12.1. The summed E-state index contributed by atoms with van der Waals surface area (Å²) in [6.45, 7) is 0.898. The third-order valence-corrected chi connectivity index (χ3v) is 7.95.